The smallest absolute Gasteiger partial charge is 0.329 e. The van der Waals surface area contributed by atoms with Gasteiger partial charge in [0, 0.05) is 12.5 Å². The minimum absolute atomic E-state index is 0.190. The summed E-state index contributed by atoms with van der Waals surface area (Å²) in [5.74, 6) is -1.46. The molecular formula is C24H27NO8. The number of carboxylic acids is 1. The van der Waals surface area contributed by atoms with Crippen LogP contribution in [0, 0.1) is 0 Å². The Bertz CT molecular complexity index is 925. The lowest BCUT2D eigenvalue weighted by Crippen LogP contribution is -2.67. The van der Waals surface area contributed by atoms with E-state index in [0.29, 0.717) is 0 Å². The van der Waals surface area contributed by atoms with Crippen molar-refractivity contribution in [1.29, 1.82) is 0 Å². The summed E-state index contributed by atoms with van der Waals surface area (Å²) in [6.45, 7) is 1.23. The third-order valence-electron chi connectivity index (χ3n) is 5.44. The van der Waals surface area contributed by atoms with Crippen LogP contribution in [0.15, 0.2) is 60.7 Å². The summed E-state index contributed by atoms with van der Waals surface area (Å²) in [5.41, 5.74) is 1.74. The first-order valence-electron chi connectivity index (χ1n) is 10.7. The van der Waals surface area contributed by atoms with Gasteiger partial charge in [-0.2, -0.15) is 0 Å². The van der Waals surface area contributed by atoms with E-state index < -0.39 is 49.5 Å². The van der Waals surface area contributed by atoms with E-state index in [0.717, 1.165) is 11.1 Å². The lowest BCUT2D eigenvalue weighted by Gasteiger charge is -2.49. The molecule has 0 bridgehead atoms. The Morgan fingerprint density at radius 3 is 2.39 bits per heavy atom. The number of nitrogens with one attached hydrogen (secondary N) is 1. The molecule has 6 atom stereocenters. The van der Waals surface area contributed by atoms with E-state index in [-0.39, 0.29) is 19.1 Å². The summed E-state index contributed by atoms with van der Waals surface area (Å²) in [4.78, 5) is 23.3. The number of fused-ring (bicyclic) bond motifs is 1. The Labute approximate surface area is 191 Å². The van der Waals surface area contributed by atoms with Gasteiger partial charge >= 0.3 is 5.97 Å². The first-order valence-corrected chi connectivity index (χ1v) is 10.7. The number of hydrogen-bond acceptors (Lipinski definition) is 7. The molecule has 9 heteroatoms. The molecule has 33 heavy (non-hydrogen) atoms. The second-order valence-corrected chi connectivity index (χ2v) is 7.91. The average Bonchev–Trinajstić information content (AvgIpc) is 2.82. The predicted octanol–water partition coefficient (Wildman–Crippen LogP) is 2.02. The van der Waals surface area contributed by atoms with Crippen LogP contribution in [0.1, 0.15) is 24.3 Å². The zero-order valence-corrected chi connectivity index (χ0v) is 18.2. The van der Waals surface area contributed by atoms with Crippen molar-refractivity contribution in [2.75, 3.05) is 13.2 Å². The van der Waals surface area contributed by atoms with Crippen LogP contribution < -0.4 is 5.32 Å². The summed E-state index contributed by atoms with van der Waals surface area (Å²) < 4.78 is 29.9. The van der Waals surface area contributed by atoms with Crippen molar-refractivity contribution in [3.63, 3.8) is 0 Å². The number of benzene rings is 2. The lowest BCUT2D eigenvalue weighted by atomic mass is 9.95. The minimum Gasteiger partial charge on any atom is -0.480 e. The monoisotopic (exact) mass is 457 g/mol. The zero-order chi connectivity index (χ0) is 23.2. The maximum Gasteiger partial charge on any atom is 0.329 e. The van der Waals surface area contributed by atoms with Gasteiger partial charge in [0.25, 0.3) is 0 Å². The fraction of sp³-hybridized carbons (Fsp3) is 0.417. The maximum atomic E-state index is 12.0. The van der Waals surface area contributed by atoms with Crippen molar-refractivity contribution >= 4 is 11.9 Å². The van der Waals surface area contributed by atoms with Gasteiger partial charge in [-0.1, -0.05) is 60.7 Å². The minimum atomic E-state index is -1.13. The first-order chi connectivity index (χ1) is 16.0. The molecule has 9 nitrogen and oxygen atoms in total. The molecule has 0 unspecified atom stereocenters. The van der Waals surface area contributed by atoms with Crippen LogP contribution >= 0.6 is 0 Å². The van der Waals surface area contributed by atoms with Crippen molar-refractivity contribution in [1.82, 2.24) is 5.32 Å². The highest BCUT2D eigenvalue weighted by Crippen LogP contribution is 2.35. The molecule has 2 fully saturated rings. The van der Waals surface area contributed by atoms with E-state index in [9.17, 15) is 14.7 Å². The molecule has 2 aliphatic rings. The summed E-state index contributed by atoms with van der Waals surface area (Å²) in [6, 6.07) is 18.1. The largest absolute Gasteiger partial charge is 0.480 e. The van der Waals surface area contributed by atoms with E-state index in [1.165, 1.54) is 6.92 Å². The van der Waals surface area contributed by atoms with Crippen LogP contribution in [0.25, 0.3) is 0 Å². The van der Waals surface area contributed by atoms with E-state index in [2.05, 4.69) is 5.32 Å². The molecule has 0 aliphatic carbocycles. The molecule has 2 heterocycles. The van der Waals surface area contributed by atoms with Gasteiger partial charge in [-0.05, 0) is 5.56 Å². The summed E-state index contributed by atoms with van der Waals surface area (Å²) in [6.07, 6.45) is -3.66. The molecule has 2 aromatic rings. The van der Waals surface area contributed by atoms with Gasteiger partial charge in [-0.3, -0.25) is 4.79 Å². The highest BCUT2D eigenvalue weighted by Gasteiger charge is 2.51. The predicted molar refractivity (Wildman–Crippen MR) is 115 cm³/mol. The molecule has 2 N–H and O–H groups in total. The molecule has 2 saturated heterocycles. The van der Waals surface area contributed by atoms with E-state index in [1.54, 1.807) is 0 Å². The van der Waals surface area contributed by atoms with Crippen molar-refractivity contribution < 1.29 is 38.4 Å². The van der Waals surface area contributed by atoms with Gasteiger partial charge in [-0.15, -0.1) is 0 Å². The van der Waals surface area contributed by atoms with Gasteiger partial charge in [0.05, 0.1) is 13.2 Å². The lowest BCUT2D eigenvalue weighted by molar-refractivity contribution is -0.349. The second kappa shape index (κ2) is 10.9. The molecule has 0 spiro atoms. The Morgan fingerprint density at radius 2 is 1.73 bits per heavy atom. The molecule has 2 aromatic carbocycles. The number of rotatable bonds is 8. The Balaban J connectivity index is 1.56. The standard InChI is InChI=1S/C24H27NO8/c1-15(26)25-20-22(29-14-19(27)28)21-18(13-31-23(33-21)17-10-6-3-7-11-17)32-24(20)30-12-16-8-4-2-5-9-16/h2-11,18,20-24H,12-14H2,1H3,(H,25,26)(H,27,28)/t18-,20-,21+,22-,23-,24+/m0/s1. The van der Waals surface area contributed by atoms with Crippen LogP contribution in [-0.4, -0.2) is 60.8 Å². The summed E-state index contributed by atoms with van der Waals surface area (Å²) in [7, 11) is 0. The fourth-order valence-electron chi connectivity index (χ4n) is 4.00. The SMILES string of the molecule is CC(=O)N[C@@H]1[C@H](OCc2ccccc2)O[C@H]2CO[C@H](c3ccccc3)O[C@H]2[C@H]1OCC(=O)O. The number of aliphatic carboxylic acids is 1. The number of amides is 1. The normalized spacial score (nSPS) is 29.1. The first kappa shape index (κ1) is 23.3. The Morgan fingerprint density at radius 1 is 1.03 bits per heavy atom. The van der Waals surface area contributed by atoms with Crippen LogP contribution in [-0.2, 0) is 39.9 Å². The van der Waals surface area contributed by atoms with Crippen LogP contribution in [0.3, 0.4) is 0 Å². The van der Waals surface area contributed by atoms with Crippen LogP contribution in [0.5, 0.6) is 0 Å². The number of carbonyl (C=O) groups excluding carboxylic acids is 1. The van der Waals surface area contributed by atoms with Crippen molar-refractivity contribution in [3.8, 4) is 0 Å². The number of carboxylic acid groups (broad SMARTS) is 1. The molecule has 1 amide bonds. The van der Waals surface area contributed by atoms with E-state index >= 15 is 0 Å². The molecular weight excluding hydrogens is 430 g/mol. The topological polar surface area (TPSA) is 113 Å². The molecule has 176 valence electrons. The van der Waals surface area contributed by atoms with Crippen molar-refractivity contribution in [2.24, 2.45) is 0 Å². The summed E-state index contributed by atoms with van der Waals surface area (Å²) >= 11 is 0. The van der Waals surface area contributed by atoms with Gasteiger partial charge in [0.15, 0.2) is 12.6 Å². The van der Waals surface area contributed by atoms with Gasteiger partial charge in [0.2, 0.25) is 5.91 Å². The highest BCUT2D eigenvalue weighted by molar-refractivity contribution is 5.73. The maximum absolute atomic E-state index is 12.0. The average molecular weight is 457 g/mol. The van der Waals surface area contributed by atoms with E-state index in [1.807, 2.05) is 60.7 Å². The Hall–Kier alpha value is -2.82. The number of ether oxygens (including phenoxy) is 5. The highest BCUT2D eigenvalue weighted by atomic mass is 16.8. The van der Waals surface area contributed by atoms with Gasteiger partial charge < -0.3 is 34.1 Å². The third kappa shape index (κ3) is 5.95. The number of carbonyl (C=O) groups is 2. The van der Waals surface area contributed by atoms with Crippen LogP contribution in [0.4, 0.5) is 0 Å². The number of hydrogen-bond donors (Lipinski definition) is 2. The van der Waals surface area contributed by atoms with Crippen molar-refractivity contribution in [2.45, 2.75) is 50.5 Å². The van der Waals surface area contributed by atoms with Crippen molar-refractivity contribution in [3.05, 3.63) is 71.8 Å². The third-order valence-corrected chi connectivity index (χ3v) is 5.44. The Kier molecular flexibility index (Phi) is 7.69. The quantitative estimate of drug-likeness (QED) is 0.619. The van der Waals surface area contributed by atoms with Gasteiger partial charge in [0.1, 0.15) is 31.0 Å². The molecule has 2 aliphatic heterocycles. The molecule has 0 radical (unpaired) electrons. The fourth-order valence-corrected chi connectivity index (χ4v) is 4.00. The molecule has 0 saturated carbocycles. The van der Waals surface area contributed by atoms with E-state index in [4.69, 9.17) is 23.7 Å². The molecule has 0 aromatic heterocycles. The second-order valence-electron chi connectivity index (χ2n) is 7.91. The summed E-state index contributed by atoms with van der Waals surface area (Å²) in [5, 5.41) is 12.0. The zero-order valence-electron chi connectivity index (χ0n) is 18.2. The molecule has 4 rings (SSSR count). The van der Waals surface area contributed by atoms with Crippen LogP contribution in [0.2, 0.25) is 0 Å². The van der Waals surface area contributed by atoms with Gasteiger partial charge in [-0.25, -0.2) is 4.79 Å².